The molecule has 0 amide bonds. The Morgan fingerprint density at radius 1 is 1.06 bits per heavy atom. The van der Waals surface area contributed by atoms with Gasteiger partial charge in [-0.15, -0.1) is 0 Å². The normalized spacial score (nSPS) is 42.2. The number of hydrogen-bond acceptors (Lipinski definition) is 3. The van der Waals surface area contributed by atoms with Crippen LogP contribution < -0.4 is 5.32 Å². The molecule has 1 heterocycles. The van der Waals surface area contributed by atoms with Crippen LogP contribution in [0.25, 0.3) is 0 Å². The molecule has 2 atom stereocenters. The Balaban J connectivity index is 1.62. The fourth-order valence-corrected chi connectivity index (χ4v) is 2.92. The van der Waals surface area contributed by atoms with E-state index in [0.29, 0.717) is 30.5 Å². The summed E-state index contributed by atoms with van der Waals surface area (Å²) in [7, 11) is 0. The van der Waals surface area contributed by atoms with E-state index in [-0.39, 0.29) is 0 Å². The van der Waals surface area contributed by atoms with Crippen molar-refractivity contribution >= 4 is 0 Å². The molecule has 3 heteroatoms. The van der Waals surface area contributed by atoms with Crippen molar-refractivity contribution in [2.75, 3.05) is 6.54 Å². The second-order valence-electron chi connectivity index (χ2n) is 5.73. The molecule has 3 nitrogen and oxygen atoms in total. The minimum absolute atomic E-state index is 0.359. The van der Waals surface area contributed by atoms with Crippen LogP contribution in [0.4, 0.5) is 0 Å². The van der Waals surface area contributed by atoms with Crippen molar-refractivity contribution in [3.63, 3.8) is 0 Å². The number of ether oxygens (including phenoxy) is 2. The van der Waals surface area contributed by atoms with Crippen molar-refractivity contribution < 1.29 is 9.47 Å². The first-order chi connectivity index (χ1) is 8.17. The lowest BCUT2D eigenvalue weighted by atomic mass is 9.88. The molecule has 1 saturated heterocycles. The predicted octanol–water partition coefficient (Wildman–Crippen LogP) is 2.49. The fourth-order valence-electron chi connectivity index (χ4n) is 2.92. The van der Waals surface area contributed by atoms with Gasteiger partial charge in [-0.25, -0.2) is 0 Å². The third kappa shape index (κ3) is 3.94. The van der Waals surface area contributed by atoms with Gasteiger partial charge < -0.3 is 14.8 Å². The van der Waals surface area contributed by atoms with Gasteiger partial charge in [-0.05, 0) is 52.5 Å². The molecule has 1 aliphatic heterocycles. The van der Waals surface area contributed by atoms with Gasteiger partial charge in [0.25, 0.3) is 0 Å². The van der Waals surface area contributed by atoms with Crippen molar-refractivity contribution in [2.24, 2.45) is 0 Å². The van der Waals surface area contributed by atoms with Gasteiger partial charge >= 0.3 is 0 Å². The minimum atomic E-state index is 0.359. The van der Waals surface area contributed by atoms with Gasteiger partial charge in [0.15, 0.2) is 0 Å². The molecule has 2 rings (SSSR count). The second-order valence-corrected chi connectivity index (χ2v) is 5.73. The lowest BCUT2D eigenvalue weighted by Crippen LogP contribution is -2.48. The summed E-state index contributed by atoms with van der Waals surface area (Å²) in [6.07, 6.45) is 7.37. The smallest absolute Gasteiger partial charge is 0.0628 e. The van der Waals surface area contributed by atoms with E-state index in [1.54, 1.807) is 0 Å². The summed E-state index contributed by atoms with van der Waals surface area (Å²) in [5.74, 6) is 0. The summed E-state index contributed by atoms with van der Waals surface area (Å²) in [6, 6.07) is 0.703. The van der Waals surface area contributed by atoms with Crippen LogP contribution >= 0.6 is 0 Å². The van der Waals surface area contributed by atoms with E-state index >= 15 is 0 Å². The van der Waals surface area contributed by atoms with E-state index in [1.807, 2.05) is 0 Å². The van der Waals surface area contributed by atoms with Crippen LogP contribution in [-0.4, -0.2) is 37.0 Å². The summed E-state index contributed by atoms with van der Waals surface area (Å²) in [5, 5.41) is 3.55. The Morgan fingerprint density at radius 3 is 2.24 bits per heavy atom. The van der Waals surface area contributed by atoms with Crippen molar-refractivity contribution in [3.8, 4) is 0 Å². The largest absolute Gasteiger partial charge is 0.375 e. The van der Waals surface area contributed by atoms with Gasteiger partial charge in [0.1, 0.15) is 0 Å². The minimum Gasteiger partial charge on any atom is -0.375 e. The van der Waals surface area contributed by atoms with Gasteiger partial charge in [0.05, 0.1) is 24.4 Å². The van der Waals surface area contributed by atoms with Crippen LogP contribution in [0.5, 0.6) is 0 Å². The van der Waals surface area contributed by atoms with E-state index < -0.39 is 0 Å². The van der Waals surface area contributed by atoms with Crippen LogP contribution in [-0.2, 0) is 9.47 Å². The topological polar surface area (TPSA) is 30.5 Å². The number of rotatable bonds is 5. The van der Waals surface area contributed by atoms with E-state index in [0.717, 1.165) is 19.4 Å². The first-order valence-electron chi connectivity index (χ1n) is 7.21. The van der Waals surface area contributed by atoms with Gasteiger partial charge in [-0.2, -0.15) is 0 Å². The zero-order valence-electron chi connectivity index (χ0n) is 11.4. The van der Waals surface area contributed by atoms with Crippen LogP contribution in [0, 0.1) is 0 Å². The molecule has 0 aromatic carbocycles. The zero-order valence-corrected chi connectivity index (χ0v) is 11.4. The monoisotopic (exact) mass is 241 g/mol. The SMILES string of the molecule is CCCNC1CC(OC2CC(C)OC(C)C2)C1. The quantitative estimate of drug-likeness (QED) is 0.802. The standard InChI is InChI=1S/C14H27NO2/c1-4-5-15-12-8-14(9-12)17-13-6-10(2)16-11(3)7-13/h10-15H,4-9H2,1-3H3. The summed E-state index contributed by atoms with van der Waals surface area (Å²) < 4.78 is 11.9. The number of hydrogen-bond donors (Lipinski definition) is 1. The van der Waals surface area contributed by atoms with Crippen molar-refractivity contribution in [3.05, 3.63) is 0 Å². The van der Waals surface area contributed by atoms with E-state index in [4.69, 9.17) is 9.47 Å². The maximum Gasteiger partial charge on any atom is 0.0628 e. The highest BCUT2D eigenvalue weighted by Gasteiger charge is 2.33. The van der Waals surface area contributed by atoms with Gasteiger partial charge in [-0.3, -0.25) is 0 Å². The molecule has 1 N–H and O–H groups in total. The Bertz CT molecular complexity index is 218. The van der Waals surface area contributed by atoms with E-state index in [2.05, 4.69) is 26.1 Å². The Hall–Kier alpha value is -0.120. The highest BCUT2D eigenvalue weighted by molar-refractivity contribution is 4.87. The van der Waals surface area contributed by atoms with Crippen LogP contribution in [0.2, 0.25) is 0 Å². The molecular formula is C14H27NO2. The second kappa shape index (κ2) is 6.17. The van der Waals surface area contributed by atoms with Crippen LogP contribution in [0.15, 0.2) is 0 Å². The summed E-state index contributed by atoms with van der Waals surface area (Å²) in [6.45, 7) is 7.66. The summed E-state index contributed by atoms with van der Waals surface area (Å²) >= 11 is 0. The van der Waals surface area contributed by atoms with Crippen molar-refractivity contribution in [2.45, 2.75) is 83.3 Å². The van der Waals surface area contributed by atoms with Crippen LogP contribution in [0.1, 0.15) is 52.9 Å². The highest BCUT2D eigenvalue weighted by Crippen LogP contribution is 2.29. The molecule has 0 bridgehead atoms. The molecule has 0 spiro atoms. The molecule has 0 radical (unpaired) electrons. The molecule has 1 saturated carbocycles. The maximum absolute atomic E-state index is 6.16. The third-order valence-corrected chi connectivity index (χ3v) is 3.82. The van der Waals surface area contributed by atoms with Gasteiger partial charge in [-0.1, -0.05) is 6.92 Å². The molecule has 0 aromatic rings. The number of nitrogens with one attached hydrogen (secondary N) is 1. The van der Waals surface area contributed by atoms with Crippen molar-refractivity contribution in [1.82, 2.24) is 5.32 Å². The Morgan fingerprint density at radius 2 is 1.65 bits per heavy atom. The van der Waals surface area contributed by atoms with Crippen molar-refractivity contribution in [1.29, 1.82) is 0 Å². The fraction of sp³-hybridized carbons (Fsp3) is 1.00. The Kier molecular flexibility index (Phi) is 4.83. The summed E-state index contributed by atoms with van der Waals surface area (Å²) in [5.41, 5.74) is 0. The summed E-state index contributed by atoms with van der Waals surface area (Å²) in [4.78, 5) is 0. The lowest BCUT2D eigenvalue weighted by Gasteiger charge is -2.40. The van der Waals surface area contributed by atoms with Gasteiger partial charge in [0.2, 0.25) is 0 Å². The van der Waals surface area contributed by atoms with E-state index in [9.17, 15) is 0 Å². The Labute approximate surface area is 105 Å². The third-order valence-electron chi connectivity index (χ3n) is 3.82. The first kappa shape index (κ1) is 13.3. The molecule has 0 aromatic heterocycles. The molecular weight excluding hydrogens is 214 g/mol. The van der Waals surface area contributed by atoms with E-state index in [1.165, 1.54) is 19.3 Å². The highest BCUT2D eigenvalue weighted by atomic mass is 16.5. The molecule has 2 fully saturated rings. The molecule has 100 valence electrons. The maximum atomic E-state index is 6.16. The average Bonchev–Trinajstić information content (AvgIpc) is 2.19. The predicted molar refractivity (Wildman–Crippen MR) is 69.2 cm³/mol. The molecule has 1 aliphatic carbocycles. The average molecular weight is 241 g/mol. The van der Waals surface area contributed by atoms with Crippen LogP contribution in [0.3, 0.4) is 0 Å². The molecule has 2 unspecified atom stereocenters. The van der Waals surface area contributed by atoms with Gasteiger partial charge in [0, 0.05) is 6.04 Å². The molecule has 17 heavy (non-hydrogen) atoms. The lowest BCUT2D eigenvalue weighted by molar-refractivity contribution is -0.139. The molecule has 2 aliphatic rings. The first-order valence-corrected chi connectivity index (χ1v) is 7.21. The zero-order chi connectivity index (χ0) is 12.3.